The van der Waals surface area contributed by atoms with Gasteiger partial charge in [0.25, 0.3) is 0 Å². The van der Waals surface area contributed by atoms with Gasteiger partial charge in [-0.15, -0.1) is 0 Å². The van der Waals surface area contributed by atoms with Crippen LogP contribution >= 0.6 is 7.75 Å². The maximum absolute atomic E-state index is 13.5. The molecule has 6 N–H and O–H groups in total. The number of benzene rings is 2. The van der Waals surface area contributed by atoms with Crippen LogP contribution in [-0.2, 0) is 30.1 Å². The van der Waals surface area contributed by atoms with Crippen LogP contribution in [0.2, 0.25) is 0 Å². The van der Waals surface area contributed by atoms with Gasteiger partial charge in [0.1, 0.15) is 41.5 Å². The van der Waals surface area contributed by atoms with Crippen molar-refractivity contribution in [3.8, 4) is 5.75 Å². The Kier molecular flexibility index (Phi) is 9.56. The molecule has 2 unspecified atom stereocenters. The number of carboxylic acid groups (broad SMARTS) is 1. The van der Waals surface area contributed by atoms with E-state index in [1.54, 1.807) is 18.2 Å². The van der Waals surface area contributed by atoms with E-state index >= 15 is 0 Å². The van der Waals surface area contributed by atoms with Crippen LogP contribution in [0.5, 0.6) is 5.75 Å². The number of hydrogen-bond donors (Lipinski definition) is 6. The lowest BCUT2D eigenvalue weighted by Crippen LogP contribution is -2.43. The molecule has 2 heterocycles. The van der Waals surface area contributed by atoms with E-state index in [9.17, 15) is 29.5 Å². The number of hydrogen-bond acceptors (Lipinski definition) is 11. The molecule has 1 aliphatic rings. The summed E-state index contributed by atoms with van der Waals surface area (Å²) in [6.07, 6.45) is -2.91. The molecule has 2 aromatic carbocycles. The molecule has 0 amide bonds. The highest BCUT2D eigenvalue weighted by atomic mass is 31.2. The predicted octanol–water partition coefficient (Wildman–Crippen LogP) is 2.13. The molecule has 3 aromatic rings. The lowest BCUT2D eigenvalue weighted by atomic mass is 9.89. The first-order valence-corrected chi connectivity index (χ1v) is 14.1. The summed E-state index contributed by atoms with van der Waals surface area (Å²) in [6.45, 7) is 2.14. The van der Waals surface area contributed by atoms with E-state index in [1.807, 2.05) is 30.3 Å². The van der Waals surface area contributed by atoms with E-state index < -0.39 is 56.0 Å². The Hall–Kier alpha value is -3.62. The summed E-state index contributed by atoms with van der Waals surface area (Å²) < 4.78 is 30.4. The summed E-state index contributed by atoms with van der Waals surface area (Å²) in [6, 6.07) is 15.9. The first-order chi connectivity index (χ1) is 19.5. The molecule has 0 spiro atoms. The first-order valence-electron chi connectivity index (χ1n) is 12.5. The number of nitrogens with zero attached hydrogens (tertiary/aromatic N) is 1. The van der Waals surface area contributed by atoms with Crippen LogP contribution in [0.3, 0.4) is 0 Å². The van der Waals surface area contributed by atoms with Crippen molar-refractivity contribution in [2.45, 2.75) is 50.4 Å². The number of para-hydroxylation sites is 1. The Balaban J connectivity index is 1.50. The minimum Gasteiger partial charge on any atom is -0.480 e. The van der Waals surface area contributed by atoms with Crippen LogP contribution in [-0.4, -0.2) is 61.7 Å². The molecule has 15 heteroatoms. The van der Waals surface area contributed by atoms with Crippen molar-refractivity contribution < 1.29 is 43.3 Å². The summed E-state index contributed by atoms with van der Waals surface area (Å²) in [5.74, 6) is -1.12. The second-order valence-electron chi connectivity index (χ2n) is 9.51. The third kappa shape index (κ3) is 7.57. The molecular weight excluding hydrogens is 559 g/mol. The van der Waals surface area contributed by atoms with E-state index in [-0.39, 0.29) is 23.7 Å². The van der Waals surface area contributed by atoms with Crippen molar-refractivity contribution in [3.05, 3.63) is 88.5 Å². The molecule has 41 heavy (non-hydrogen) atoms. The topological polar surface area (TPSA) is 202 Å². The minimum absolute atomic E-state index is 0.0370. The van der Waals surface area contributed by atoms with Gasteiger partial charge in [-0.25, -0.2) is 19.8 Å². The first kappa shape index (κ1) is 30.3. The van der Waals surface area contributed by atoms with Gasteiger partial charge in [0, 0.05) is 11.8 Å². The van der Waals surface area contributed by atoms with Gasteiger partial charge in [-0.1, -0.05) is 48.5 Å². The summed E-state index contributed by atoms with van der Waals surface area (Å²) in [7, 11) is -4.32. The Bertz CT molecular complexity index is 1420. The molecule has 6 atom stereocenters. The average molecular weight is 591 g/mol. The van der Waals surface area contributed by atoms with Crippen molar-refractivity contribution in [2.75, 3.05) is 12.1 Å². The number of nitrogens with one attached hydrogen (secondary N) is 3. The van der Waals surface area contributed by atoms with Crippen molar-refractivity contribution in [1.29, 1.82) is 0 Å². The van der Waals surface area contributed by atoms with Crippen molar-refractivity contribution in [3.63, 3.8) is 0 Å². The van der Waals surface area contributed by atoms with Crippen LogP contribution in [0.25, 0.3) is 0 Å². The van der Waals surface area contributed by atoms with E-state index in [4.69, 9.17) is 18.6 Å². The van der Waals surface area contributed by atoms with E-state index in [2.05, 4.69) is 20.5 Å². The summed E-state index contributed by atoms with van der Waals surface area (Å²) in [5.41, 5.74) is 1.01. The Morgan fingerprint density at radius 1 is 1.20 bits per heavy atom. The zero-order valence-electron chi connectivity index (χ0n) is 22.2. The van der Waals surface area contributed by atoms with Gasteiger partial charge in [0.15, 0.2) is 0 Å². The normalized spacial score (nSPS) is 24.3. The van der Waals surface area contributed by atoms with Crippen LogP contribution in [0.4, 0.5) is 5.82 Å². The van der Waals surface area contributed by atoms with E-state index in [0.717, 1.165) is 5.56 Å². The number of ether oxygens (including phenoxy) is 1. The van der Waals surface area contributed by atoms with Gasteiger partial charge >= 0.3 is 19.4 Å². The smallest absolute Gasteiger partial charge is 0.459 e. The van der Waals surface area contributed by atoms with Gasteiger partial charge in [0.2, 0.25) is 0 Å². The number of carboxylic acids is 1. The molecule has 0 bridgehead atoms. The fourth-order valence-electron chi connectivity index (χ4n) is 4.06. The Morgan fingerprint density at radius 2 is 1.85 bits per heavy atom. The highest BCUT2D eigenvalue weighted by Gasteiger charge is 2.54. The molecule has 0 radical (unpaired) electrons. The number of aliphatic carboxylic acids is 1. The maximum Gasteiger partial charge on any atom is 0.459 e. The van der Waals surface area contributed by atoms with E-state index in [1.165, 1.54) is 32.2 Å². The largest absolute Gasteiger partial charge is 0.480 e. The number of aromatic amines is 1. The predicted molar refractivity (Wildman–Crippen MR) is 145 cm³/mol. The average Bonchev–Trinajstić information content (AvgIpc) is 3.16. The second-order valence-corrected chi connectivity index (χ2v) is 11.2. The van der Waals surface area contributed by atoms with Crippen molar-refractivity contribution in [2.24, 2.45) is 0 Å². The van der Waals surface area contributed by atoms with Gasteiger partial charge < -0.3 is 24.6 Å². The zero-order chi connectivity index (χ0) is 29.6. The second kappa shape index (κ2) is 12.9. The third-order valence-corrected chi connectivity index (χ3v) is 7.92. The SMILES string of the molecule is CC(NP(=O)(OC[C@H]1O[C@H](c2cnc(=O)[nH]c2NOCc2ccccc2)[C@](C)(O)[C@@H]1O)Oc1ccccc1)C(=O)O. The minimum atomic E-state index is -4.32. The molecule has 1 saturated heterocycles. The summed E-state index contributed by atoms with van der Waals surface area (Å²) in [5, 5.41) is 33.8. The van der Waals surface area contributed by atoms with Crippen LogP contribution < -0.4 is 20.8 Å². The fourth-order valence-corrected chi connectivity index (χ4v) is 5.57. The molecule has 220 valence electrons. The van der Waals surface area contributed by atoms with Crippen LogP contribution in [0.15, 0.2) is 71.7 Å². The molecular formula is C26H31N4O10P. The number of H-pyrrole nitrogens is 1. The molecule has 14 nitrogen and oxygen atoms in total. The molecule has 4 rings (SSSR count). The van der Waals surface area contributed by atoms with Gasteiger partial charge in [-0.05, 0) is 31.5 Å². The monoisotopic (exact) mass is 590 g/mol. The molecule has 1 fully saturated rings. The van der Waals surface area contributed by atoms with Gasteiger partial charge in [0.05, 0.1) is 13.2 Å². The fraction of sp³-hybridized carbons (Fsp3) is 0.346. The number of aliphatic hydroxyl groups is 2. The van der Waals surface area contributed by atoms with Crippen molar-refractivity contribution >= 4 is 19.5 Å². The maximum atomic E-state index is 13.5. The van der Waals surface area contributed by atoms with Crippen LogP contribution in [0, 0.1) is 0 Å². The third-order valence-electron chi connectivity index (χ3n) is 6.27. The standard InChI is InChI=1S/C26H31N4O10P/c1-16(24(32)33)30-41(36,40-18-11-7-4-8-12-18)38-15-20-21(31)26(2,35)22(39-20)19-13-27-25(34)28-23(19)29-37-14-17-9-5-3-6-10-17/h3-13,16,20-22,31,35H,14-15H2,1-2H3,(H,30,36)(H,32,33)(H2,27,28,29,34)/t16?,20-,21-,22-,26-,41?/m1/s1. The van der Waals surface area contributed by atoms with E-state index in [0.29, 0.717) is 0 Å². The molecule has 0 aliphatic carbocycles. The Labute approximate surface area is 234 Å². The van der Waals surface area contributed by atoms with Crippen molar-refractivity contribution in [1.82, 2.24) is 15.1 Å². The highest BCUT2D eigenvalue weighted by Crippen LogP contribution is 2.48. The summed E-state index contributed by atoms with van der Waals surface area (Å²) >= 11 is 0. The highest BCUT2D eigenvalue weighted by molar-refractivity contribution is 7.52. The number of carbonyl (C=O) groups is 1. The number of rotatable bonds is 13. The zero-order valence-corrected chi connectivity index (χ0v) is 23.1. The Morgan fingerprint density at radius 3 is 2.51 bits per heavy atom. The number of anilines is 1. The molecule has 0 saturated carbocycles. The summed E-state index contributed by atoms with van der Waals surface area (Å²) in [4.78, 5) is 35.0. The van der Waals surface area contributed by atoms with Crippen LogP contribution in [0.1, 0.15) is 31.1 Å². The lowest BCUT2D eigenvalue weighted by Gasteiger charge is -2.27. The number of aromatic nitrogens is 2. The van der Waals surface area contributed by atoms with Gasteiger partial charge in [-0.2, -0.15) is 5.09 Å². The van der Waals surface area contributed by atoms with Gasteiger partial charge in [-0.3, -0.25) is 19.1 Å². The number of aliphatic hydroxyl groups excluding tert-OH is 1. The lowest BCUT2D eigenvalue weighted by molar-refractivity contribution is -0.138. The molecule has 1 aromatic heterocycles. The quantitative estimate of drug-likeness (QED) is 0.125. The molecule has 1 aliphatic heterocycles.